The van der Waals surface area contributed by atoms with Crippen LogP contribution in [0.25, 0.3) is 0 Å². The number of nitrogens with zero attached hydrogens (tertiary/aromatic N) is 1. The minimum absolute atomic E-state index is 0.157. The molecule has 0 amide bonds. The van der Waals surface area contributed by atoms with Crippen molar-refractivity contribution in [2.75, 3.05) is 0 Å². The van der Waals surface area contributed by atoms with Crippen LogP contribution in [0.2, 0.25) is 0 Å². The third-order valence-electron chi connectivity index (χ3n) is 1.33. The van der Waals surface area contributed by atoms with Crippen LogP contribution in [0.5, 0.6) is 0 Å². The van der Waals surface area contributed by atoms with Crippen LogP contribution in [0.1, 0.15) is 23.5 Å². The molecule has 2 heteroatoms. The maximum atomic E-state index is 5.23. The summed E-state index contributed by atoms with van der Waals surface area (Å²) in [6.45, 7) is 3.96. The first kappa shape index (κ1) is 7.30. The van der Waals surface area contributed by atoms with E-state index in [2.05, 4.69) is 10.9 Å². The van der Waals surface area contributed by atoms with Gasteiger partial charge in [0.1, 0.15) is 0 Å². The molecule has 0 N–H and O–H groups in total. The fourth-order valence-electron chi connectivity index (χ4n) is 0.664. The Kier molecular flexibility index (Phi) is 2.08. The average Bonchev–Trinajstić information content (AvgIpc) is 2.34. The Balaban J connectivity index is 2.87. The summed E-state index contributed by atoms with van der Waals surface area (Å²) in [5.41, 5.74) is 1.02. The van der Waals surface area contributed by atoms with Gasteiger partial charge in [0.05, 0.1) is 16.6 Å². The molecule has 0 aliphatic rings. The van der Waals surface area contributed by atoms with E-state index < -0.39 is 0 Å². The van der Waals surface area contributed by atoms with Crippen LogP contribution in [-0.4, -0.2) is 4.98 Å². The fraction of sp³-hybridized carbons (Fsp3) is 0.375. The second kappa shape index (κ2) is 2.85. The van der Waals surface area contributed by atoms with E-state index in [-0.39, 0.29) is 5.92 Å². The van der Waals surface area contributed by atoms with Gasteiger partial charge in [0.15, 0.2) is 0 Å². The third kappa shape index (κ3) is 1.37. The number of terminal acetylenes is 1. The summed E-state index contributed by atoms with van der Waals surface area (Å²) in [7, 11) is 0. The number of rotatable bonds is 1. The van der Waals surface area contributed by atoms with Crippen molar-refractivity contribution in [1.82, 2.24) is 4.98 Å². The Bertz CT molecular complexity index is 256. The minimum atomic E-state index is 0.157. The van der Waals surface area contributed by atoms with Crippen LogP contribution in [0.4, 0.5) is 0 Å². The highest BCUT2D eigenvalue weighted by atomic mass is 32.1. The van der Waals surface area contributed by atoms with Crippen LogP contribution in [0.3, 0.4) is 0 Å². The molecule has 0 fully saturated rings. The zero-order valence-corrected chi connectivity index (χ0v) is 6.90. The Morgan fingerprint density at radius 2 is 2.50 bits per heavy atom. The van der Waals surface area contributed by atoms with E-state index >= 15 is 0 Å². The minimum Gasteiger partial charge on any atom is -0.245 e. The molecule has 0 bridgehead atoms. The second-order valence-electron chi connectivity index (χ2n) is 2.18. The van der Waals surface area contributed by atoms with Crippen molar-refractivity contribution in [2.45, 2.75) is 19.8 Å². The normalized spacial score (nSPS) is 12.5. The van der Waals surface area contributed by atoms with Crippen LogP contribution in [-0.2, 0) is 0 Å². The van der Waals surface area contributed by atoms with Gasteiger partial charge in [-0.15, -0.1) is 17.8 Å². The van der Waals surface area contributed by atoms with Crippen molar-refractivity contribution in [2.24, 2.45) is 0 Å². The second-order valence-corrected chi connectivity index (χ2v) is 3.24. The molecule has 1 atom stereocenters. The van der Waals surface area contributed by atoms with Gasteiger partial charge in [-0.05, 0) is 13.8 Å². The van der Waals surface area contributed by atoms with Crippen molar-refractivity contribution >= 4 is 11.3 Å². The molecule has 0 saturated heterocycles. The summed E-state index contributed by atoms with van der Waals surface area (Å²) in [5.74, 6) is 2.80. The molecular formula is C8H9NS. The summed E-state index contributed by atoms with van der Waals surface area (Å²) < 4.78 is 0. The molecule has 0 spiro atoms. The smallest absolute Gasteiger partial charge is 0.0897 e. The lowest BCUT2D eigenvalue weighted by Crippen LogP contribution is -1.88. The molecule has 1 unspecified atom stereocenters. The summed E-state index contributed by atoms with van der Waals surface area (Å²) in [5, 5.41) is 3.09. The number of hydrogen-bond donors (Lipinski definition) is 0. The maximum Gasteiger partial charge on any atom is 0.0897 e. The predicted octanol–water partition coefficient (Wildman–Crippen LogP) is 2.19. The van der Waals surface area contributed by atoms with Gasteiger partial charge in [-0.25, -0.2) is 4.98 Å². The monoisotopic (exact) mass is 151 g/mol. The van der Waals surface area contributed by atoms with E-state index in [0.717, 1.165) is 10.7 Å². The molecule has 52 valence electrons. The third-order valence-corrected chi connectivity index (χ3v) is 2.12. The summed E-state index contributed by atoms with van der Waals surface area (Å²) >= 11 is 1.64. The molecule has 1 heterocycles. The standard InChI is InChI=1S/C8H9NS/c1-4-6(2)8-5-10-7(3)9-8/h1,5-6H,2-3H3. The van der Waals surface area contributed by atoms with Gasteiger partial charge in [0.25, 0.3) is 0 Å². The molecule has 0 aliphatic carbocycles. The highest BCUT2D eigenvalue weighted by molar-refractivity contribution is 7.09. The Labute approximate surface area is 65.1 Å². The van der Waals surface area contributed by atoms with Gasteiger partial charge in [0, 0.05) is 5.38 Å². The summed E-state index contributed by atoms with van der Waals surface area (Å²) in [6, 6.07) is 0. The highest BCUT2D eigenvalue weighted by Crippen LogP contribution is 2.16. The molecule has 0 radical (unpaired) electrons. The number of thiazole rings is 1. The van der Waals surface area contributed by atoms with Gasteiger partial charge < -0.3 is 0 Å². The van der Waals surface area contributed by atoms with Crippen LogP contribution in [0.15, 0.2) is 5.38 Å². The summed E-state index contributed by atoms with van der Waals surface area (Å²) in [4.78, 5) is 4.26. The Morgan fingerprint density at radius 3 is 2.90 bits per heavy atom. The predicted molar refractivity (Wildman–Crippen MR) is 44.1 cm³/mol. The van der Waals surface area contributed by atoms with E-state index in [1.54, 1.807) is 11.3 Å². The molecule has 1 aromatic rings. The molecular weight excluding hydrogens is 142 g/mol. The SMILES string of the molecule is C#CC(C)c1csc(C)n1. The summed E-state index contributed by atoms with van der Waals surface area (Å²) in [6.07, 6.45) is 5.23. The van der Waals surface area contributed by atoms with E-state index in [1.807, 2.05) is 19.2 Å². The lowest BCUT2D eigenvalue weighted by Gasteiger charge is -1.94. The Morgan fingerprint density at radius 1 is 1.80 bits per heavy atom. The van der Waals surface area contributed by atoms with Gasteiger partial charge in [-0.1, -0.05) is 5.92 Å². The van der Waals surface area contributed by atoms with Gasteiger partial charge in [-0.3, -0.25) is 0 Å². The number of hydrogen-bond acceptors (Lipinski definition) is 2. The largest absolute Gasteiger partial charge is 0.245 e. The van der Waals surface area contributed by atoms with Gasteiger partial charge in [0.2, 0.25) is 0 Å². The zero-order chi connectivity index (χ0) is 7.56. The Hall–Kier alpha value is -0.810. The fourth-order valence-corrected chi connectivity index (χ4v) is 1.37. The van der Waals surface area contributed by atoms with Crippen molar-refractivity contribution in [3.05, 3.63) is 16.1 Å². The molecule has 1 rings (SSSR count). The van der Waals surface area contributed by atoms with Gasteiger partial charge in [-0.2, -0.15) is 0 Å². The molecule has 1 aromatic heterocycles. The first-order chi connectivity index (χ1) is 4.74. The molecule has 0 aromatic carbocycles. The van der Waals surface area contributed by atoms with Crippen molar-refractivity contribution in [1.29, 1.82) is 0 Å². The van der Waals surface area contributed by atoms with Crippen molar-refractivity contribution in [3.8, 4) is 12.3 Å². The molecule has 10 heavy (non-hydrogen) atoms. The molecule has 1 nitrogen and oxygen atoms in total. The van der Waals surface area contributed by atoms with E-state index in [4.69, 9.17) is 6.42 Å². The van der Waals surface area contributed by atoms with E-state index in [1.165, 1.54) is 0 Å². The lowest BCUT2D eigenvalue weighted by molar-refractivity contribution is 0.945. The number of aromatic nitrogens is 1. The van der Waals surface area contributed by atoms with E-state index in [9.17, 15) is 0 Å². The van der Waals surface area contributed by atoms with Crippen molar-refractivity contribution < 1.29 is 0 Å². The average molecular weight is 151 g/mol. The lowest BCUT2D eigenvalue weighted by atomic mass is 10.1. The van der Waals surface area contributed by atoms with Crippen LogP contribution in [0, 0.1) is 19.3 Å². The maximum absolute atomic E-state index is 5.23. The zero-order valence-electron chi connectivity index (χ0n) is 6.09. The van der Waals surface area contributed by atoms with Crippen LogP contribution < -0.4 is 0 Å². The van der Waals surface area contributed by atoms with Gasteiger partial charge >= 0.3 is 0 Å². The first-order valence-corrected chi connectivity index (χ1v) is 4.00. The first-order valence-electron chi connectivity index (χ1n) is 3.12. The van der Waals surface area contributed by atoms with Crippen molar-refractivity contribution in [3.63, 3.8) is 0 Å². The quantitative estimate of drug-likeness (QED) is 0.561. The highest BCUT2D eigenvalue weighted by Gasteiger charge is 2.03. The van der Waals surface area contributed by atoms with E-state index in [0.29, 0.717) is 0 Å². The molecule has 0 aliphatic heterocycles. The molecule has 0 saturated carbocycles. The number of aryl methyl sites for hydroxylation is 1. The van der Waals surface area contributed by atoms with Crippen LogP contribution >= 0.6 is 11.3 Å². The topological polar surface area (TPSA) is 12.9 Å².